The van der Waals surface area contributed by atoms with Crippen molar-refractivity contribution in [3.63, 3.8) is 0 Å². The predicted molar refractivity (Wildman–Crippen MR) is 61.0 cm³/mol. The van der Waals surface area contributed by atoms with Gasteiger partial charge in [-0.15, -0.1) is 0 Å². The minimum absolute atomic E-state index is 0.337. The van der Waals surface area contributed by atoms with Gasteiger partial charge in [0.15, 0.2) is 5.76 Å². The number of aryl methyl sites for hydroxylation is 1. The smallest absolute Gasteiger partial charge is 0.240 e. The van der Waals surface area contributed by atoms with Crippen LogP contribution in [0.15, 0.2) is 33.9 Å². The monoisotopic (exact) mass is 230 g/mol. The number of ether oxygens (including phenoxy) is 1. The Morgan fingerprint density at radius 2 is 2.29 bits per heavy atom. The molecule has 1 aromatic heterocycles. The summed E-state index contributed by atoms with van der Waals surface area (Å²) in [6, 6.07) is 5.62. The van der Waals surface area contributed by atoms with Crippen molar-refractivity contribution in [1.29, 1.82) is 0 Å². The van der Waals surface area contributed by atoms with Crippen molar-refractivity contribution in [2.24, 2.45) is 4.99 Å². The van der Waals surface area contributed by atoms with E-state index in [2.05, 4.69) is 10.1 Å². The molecule has 5 nitrogen and oxygen atoms in total. The fourth-order valence-corrected chi connectivity index (χ4v) is 1.55. The van der Waals surface area contributed by atoms with Gasteiger partial charge >= 0.3 is 0 Å². The Labute approximate surface area is 97.7 Å². The van der Waals surface area contributed by atoms with E-state index in [4.69, 9.17) is 9.26 Å². The first-order valence-electron chi connectivity index (χ1n) is 4.94. The fourth-order valence-electron chi connectivity index (χ4n) is 1.55. The highest BCUT2D eigenvalue weighted by Gasteiger charge is 2.15. The molecular weight excluding hydrogens is 220 g/mol. The van der Waals surface area contributed by atoms with Crippen molar-refractivity contribution in [1.82, 2.24) is 5.16 Å². The third kappa shape index (κ3) is 2.09. The minimum atomic E-state index is 0.337. The number of hydrogen-bond donors (Lipinski definition) is 0. The van der Waals surface area contributed by atoms with Crippen molar-refractivity contribution < 1.29 is 14.1 Å². The molecule has 0 saturated carbocycles. The molecule has 0 fully saturated rings. The number of aliphatic imine (C=N–C) groups is 1. The average molecular weight is 230 g/mol. The van der Waals surface area contributed by atoms with Crippen LogP contribution in [0.25, 0.3) is 11.3 Å². The van der Waals surface area contributed by atoms with Gasteiger partial charge in [0, 0.05) is 0 Å². The van der Waals surface area contributed by atoms with Crippen LogP contribution in [0.1, 0.15) is 5.56 Å². The molecule has 0 N–H and O–H groups in total. The van der Waals surface area contributed by atoms with E-state index in [1.54, 1.807) is 7.11 Å². The zero-order valence-electron chi connectivity index (χ0n) is 9.43. The normalized spacial score (nSPS) is 9.76. The Morgan fingerprint density at radius 1 is 1.47 bits per heavy atom. The van der Waals surface area contributed by atoms with Gasteiger partial charge in [-0.25, -0.2) is 4.79 Å². The predicted octanol–water partition coefficient (Wildman–Crippen LogP) is 2.63. The topological polar surface area (TPSA) is 64.7 Å². The highest BCUT2D eigenvalue weighted by Crippen LogP contribution is 2.36. The van der Waals surface area contributed by atoms with E-state index in [1.807, 2.05) is 25.1 Å². The Kier molecular flexibility index (Phi) is 3.03. The number of methoxy groups -OCH3 is 1. The number of carbonyl (C=O) groups excluding carboxylic acids is 1. The molecule has 1 aromatic carbocycles. The number of nitrogens with zero attached hydrogens (tertiary/aromatic N) is 2. The van der Waals surface area contributed by atoms with Gasteiger partial charge in [0.2, 0.25) is 6.08 Å². The summed E-state index contributed by atoms with van der Waals surface area (Å²) in [4.78, 5) is 13.8. The van der Waals surface area contributed by atoms with Gasteiger partial charge in [-0.05, 0) is 19.1 Å². The Hall–Kier alpha value is -2.39. The molecule has 0 spiro atoms. The van der Waals surface area contributed by atoms with Crippen molar-refractivity contribution in [2.45, 2.75) is 6.92 Å². The summed E-state index contributed by atoms with van der Waals surface area (Å²) < 4.78 is 10.3. The molecule has 0 bridgehead atoms. The summed E-state index contributed by atoms with van der Waals surface area (Å²) >= 11 is 0. The van der Waals surface area contributed by atoms with Gasteiger partial charge < -0.3 is 9.26 Å². The molecule has 86 valence electrons. The summed E-state index contributed by atoms with van der Waals surface area (Å²) in [5.74, 6) is 1.03. The quantitative estimate of drug-likeness (QED) is 0.600. The highest BCUT2D eigenvalue weighted by molar-refractivity contribution is 5.76. The van der Waals surface area contributed by atoms with E-state index in [0.717, 1.165) is 5.56 Å². The standard InChI is InChI=1S/C12H10N2O3/c1-8-3-4-11(16-2)9(5-8)12-10(13-7-15)6-14-17-12/h3-6H,1-2H3. The van der Waals surface area contributed by atoms with E-state index in [-0.39, 0.29) is 0 Å². The molecule has 0 atom stereocenters. The lowest BCUT2D eigenvalue weighted by molar-refractivity contribution is 0.406. The van der Waals surface area contributed by atoms with E-state index < -0.39 is 0 Å². The SMILES string of the molecule is COc1ccc(C)cc1-c1oncc1N=C=O. The van der Waals surface area contributed by atoms with Crippen LogP contribution in [0.3, 0.4) is 0 Å². The Balaban J connectivity index is 2.62. The zero-order chi connectivity index (χ0) is 12.3. The van der Waals surface area contributed by atoms with Gasteiger partial charge in [0.1, 0.15) is 11.4 Å². The van der Waals surface area contributed by atoms with E-state index in [0.29, 0.717) is 22.8 Å². The summed E-state index contributed by atoms with van der Waals surface area (Å²) in [6.07, 6.45) is 2.83. The van der Waals surface area contributed by atoms with E-state index >= 15 is 0 Å². The van der Waals surface area contributed by atoms with E-state index in [1.165, 1.54) is 12.3 Å². The van der Waals surface area contributed by atoms with Crippen LogP contribution in [-0.4, -0.2) is 18.3 Å². The minimum Gasteiger partial charge on any atom is -0.496 e. The second-order valence-electron chi connectivity index (χ2n) is 3.45. The number of aromatic nitrogens is 1. The fraction of sp³-hybridized carbons (Fsp3) is 0.167. The van der Waals surface area contributed by atoms with Crippen LogP contribution in [-0.2, 0) is 4.79 Å². The molecule has 2 rings (SSSR count). The zero-order valence-corrected chi connectivity index (χ0v) is 9.43. The summed E-state index contributed by atoms with van der Waals surface area (Å²) in [6.45, 7) is 1.95. The summed E-state index contributed by atoms with van der Waals surface area (Å²) in [5, 5.41) is 3.62. The van der Waals surface area contributed by atoms with Crippen LogP contribution < -0.4 is 4.74 Å². The van der Waals surface area contributed by atoms with E-state index in [9.17, 15) is 4.79 Å². The summed E-state index contributed by atoms with van der Waals surface area (Å²) in [7, 11) is 1.56. The number of isocyanates is 1. The average Bonchev–Trinajstić information content (AvgIpc) is 2.77. The number of hydrogen-bond acceptors (Lipinski definition) is 5. The van der Waals surface area contributed by atoms with Crippen molar-refractivity contribution in [2.75, 3.05) is 7.11 Å². The first-order valence-corrected chi connectivity index (χ1v) is 4.94. The second kappa shape index (κ2) is 4.63. The molecule has 2 aromatic rings. The van der Waals surface area contributed by atoms with Gasteiger partial charge in [-0.3, -0.25) is 0 Å². The lowest BCUT2D eigenvalue weighted by Gasteiger charge is -2.06. The molecule has 0 unspecified atom stereocenters. The number of benzene rings is 1. The van der Waals surface area contributed by atoms with Gasteiger partial charge in [0.25, 0.3) is 0 Å². The molecule has 0 radical (unpaired) electrons. The third-order valence-corrected chi connectivity index (χ3v) is 2.32. The lowest BCUT2D eigenvalue weighted by Crippen LogP contribution is -1.88. The largest absolute Gasteiger partial charge is 0.496 e. The first kappa shape index (κ1) is 11.1. The maximum atomic E-state index is 10.3. The molecule has 17 heavy (non-hydrogen) atoms. The van der Waals surface area contributed by atoms with Crippen LogP contribution in [0.4, 0.5) is 5.69 Å². The Bertz CT molecular complexity index is 583. The van der Waals surface area contributed by atoms with Crippen LogP contribution in [0.2, 0.25) is 0 Å². The first-order chi connectivity index (χ1) is 8.26. The van der Waals surface area contributed by atoms with Crippen LogP contribution >= 0.6 is 0 Å². The van der Waals surface area contributed by atoms with Crippen molar-refractivity contribution in [3.8, 4) is 17.1 Å². The molecule has 0 aliphatic heterocycles. The van der Waals surface area contributed by atoms with Crippen molar-refractivity contribution in [3.05, 3.63) is 30.0 Å². The molecule has 0 saturated heterocycles. The second-order valence-corrected chi connectivity index (χ2v) is 3.45. The molecule has 5 heteroatoms. The third-order valence-electron chi connectivity index (χ3n) is 2.32. The Morgan fingerprint density at radius 3 is 3.00 bits per heavy atom. The maximum absolute atomic E-state index is 10.3. The maximum Gasteiger partial charge on any atom is 0.240 e. The molecule has 0 aliphatic carbocycles. The highest BCUT2D eigenvalue weighted by atomic mass is 16.5. The van der Waals surface area contributed by atoms with Gasteiger partial charge in [-0.1, -0.05) is 16.8 Å². The van der Waals surface area contributed by atoms with Crippen LogP contribution in [0.5, 0.6) is 5.75 Å². The van der Waals surface area contributed by atoms with Crippen LogP contribution in [0, 0.1) is 6.92 Å². The number of rotatable bonds is 3. The molecule has 0 amide bonds. The molecule has 0 aliphatic rings. The summed E-state index contributed by atoms with van der Waals surface area (Å²) in [5.41, 5.74) is 2.08. The molecular formula is C12H10N2O3. The van der Waals surface area contributed by atoms with Gasteiger partial charge in [0.05, 0.1) is 18.9 Å². The van der Waals surface area contributed by atoms with Crippen molar-refractivity contribution >= 4 is 11.8 Å². The molecule has 1 heterocycles. The lowest BCUT2D eigenvalue weighted by atomic mass is 10.1. The van der Waals surface area contributed by atoms with Gasteiger partial charge in [-0.2, -0.15) is 4.99 Å².